The molecule has 0 aliphatic carbocycles. The fraction of sp³-hybridized carbons (Fsp3) is 0.500. The van der Waals surface area contributed by atoms with E-state index >= 15 is 0 Å². The number of aryl methyl sites for hydroxylation is 1. The van der Waals surface area contributed by atoms with E-state index in [0.29, 0.717) is 12.1 Å². The lowest BCUT2D eigenvalue weighted by Crippen LogP contribution is -2.35. The number of halogens is 3. The number of carboxylic acids is 1. The van der Waals surface area contributed by atoms with Gasteiger partial charge in [0.15, 0.2) is 0 Å². The van der Waals surface area contributed by atoms with Gasteiger partial charge < -0.3 is 10.0 Å². The van der Waals surface area contributed by atoms with E-state index in [1.54, 1.807) is 13.8 Å². The number of alkyl halides is 3. The van der Waals surface area contributed by atoms with Gasteiger partial charge in [0, 0.05) is 12.2 Å². The van der Waals surface area contributed by atoms with Crippen molar-refractivity contribution in [1.82, 2.24) is 4.98 Å². The number of pyridine rings is 1. The number of carbonyl (C=O) groups is 1. The van der Waals surface area contributed by atoms with Crippen LogP contribution in [-0.2, 0) is 0 Å². The van der Waals surface area contributed by atoms with E-state index < -0.39 is 18.7 Å². The second kappa shape index (κ2) is 5.90. The molecule has 1 rings (SSSR count). The zero-order valence-electron chi connectivity index (χ0n) is 10.7. The number of hydrogen-bond donors (Lipinski definition) is 1. The largest absolute Gasteiger partial charge is 0.478 e. The first-order chi connectivity index (χ1) is 8.73. The molecule has 0 aromatic carbocycles. The van der Waals surface area contributed by atoms with Gasteiger partial charge in [-0.2, -0.15) is 13.2 Å². The minimum Gasteiger partial charge on any atom is -0.478 e. The van der Waals surface area contributed by atoms with Gasteiger partial charge in [0.2, 0.25) is 0 Å². The number of aromatic carboxylic acids is 1. The SMILES string of the molecule is CCCN(CC(F)(F)F)c1cc(C(=O)O)cc(C)n1. The molecule has 0 atom stereocenters. The average molecular weight is 276 g/mol. The lowest BCUT2D eigenvalue weighted by atomic mass is 10.2. The van der Waals surface area contributed by atoms with Gasteiger partial charge in [0.25, 0.3) is 0 Å². The number of hydrogen-bond acceptors (Lipinski definition) is 3. The Balaban J connectivity index is 3.11. The third-order valence-electron chi connectivity index (χ3n) is 2.37. The molecule has 4 nitrogen and oxygen atoms in total. The second-order valence-corrected chi connectivity index (χ2v) is 4.20. The summed E-state index contributed by atoms with van der Waals surface area (Å²) in [5, 5.41) is 8.91. The van der Waals surface area contributed by atoms with Crippen LogP contribution in [-0.4, -0.2) is 35.3 Å². The normalized spacial score (nSPS) is 11.4. The fourth-order valence-electron chi connectivity index (χ4n) is 1.70. The molecule has 1 N–H and O–H groups in total. The summed E-state index contributed by atoms with van der Waals surface area (Å²) in [5.41, 5.74) is 0.309. The van der Waals surface area contributed by atoms with Gasteiger partial charge in [-0.15, -0.1) is 0 Å². The zero-order valence-corrected chi connectivity index (χ0v) is 10.7. The molecule has 0 bridgehead atoms. The summed E-state index contributed by atoms with van der Waals surface area (Å²) in [4.78, 5) is 15.9. The van der Waals surface area contributed by atoms with Crippen LogP contribution >= 0.6 is 0 Å². The monoisotopic (exact) mass is 276 g/mol. The number of rotatable bonds is 5. The number of anilines is 1. The van der Waals surface area contributed by atoms with Crippen LogP contribution in [0, 0.1) is 6.92 Å². The van der Waals surface area contributed by atoms with Crippen molar-refractivity contribution in [2.75, 3.05) is 18.0 Å². The first kappa shape index (κ1) is 15.3. The van der Waals surface area contributed by atoms with Gasteiger partial charge in [-0.3, -0.25) is 0 Å². The topological polar surface area (TPSA) is 53.4 Å². The summed E-state index contributed by atoms with van der Waals surface area (Å²) in [5.74, 6) is -1.15. The molecule has 0 aliphatic heterocycles. The summed E-state index contributed by atoms with van der Waals surface area (Å²) in [7, 11) is 0. The van der Waals surface area contributed by atoms with Gasteiger partial charge >= 0.3 is 12.1 Å². The standard InChI is InChI=1S/C12H15F3N2O2/c1-3-4-17(7-12(13,14)15)10-6-9(11(18)19)5-8(2)16-10/h5-6H,3-4,7H2,1-2H3,(H,18,19). The molecule has 0 saturated heterocycles. The van der Waals surface area contributed by atoms with E-state index in [4.69, 9.17) is 5.11 Å². The van der Waals surface area contributed by atoms with Gasteiger partial charge in [-0.25, -0.2) is 9.78 Å². The van der Waals surface area contributed by atoms with E-state index in [9.17, 15) is 18.0 Å². The fourth-order valence-corrected chi connectivity index (χ4v) is 1.70. The molecule has 0 aliphatic rings. The maximum absolute atomic E-state index is 12.5. The first-order valence-electron chi connectivity index (χ1n) is 5.76. The van der Waals surface area contributed by atoms with Crippen LogP contribution in [0.1, 0.15) is 29.4 Å². The molecule has 1 aromatic heterocycles. The third kappa shape index (κ3) is 4.76. The van der Waals surface area contributed by atoms with Gasteiger partial charge in [-0.05, 0) is 25.5 Å². The van der Waals surface area contributed by atoms with Crippen molar-refractivity contribution in [3.63, 3.8) is 0 Å². The lowest BCUT2D eigenvalue weighted by molar-refractivity contribution is -0.119. The maximum atomic E-state index is 12.5. The molecular formula is C12H15F3N2O2. The predicted molar refractivity (Wildman–Crippen MR) is 64.5 cm³/mol. The van der Waals surface area contributed by atoms with Crippen LogP contribution in [0.3, 0.4) is 0 Å². The summed E-state index contributed by atoms with van der Waals surface area (Å²) in [6, 6.07) is 2.49. The van der Waals surface area contributed by atoms with Crippen molar-refractivity contribution >= 4 is 11.8 Å². The molecule has 0 amide bonds. The summed E-state index contributed by atoms with van der Waals surface area (Å²) in [6.45, 7) is 2.32. The molecular weight excluding hydrogens is 261 g/mol. The Morgan fingerprint density at radius 3 is 2.53 bits per heavy atom. The molecule has 19 heavy (non-hydrogen) atoms. The molecule has 0 saturated carbocycles. The van der Waals surface area contributed by atoms with Crippen molar-refractivity contribution in [2.45, 2.75) is 26.4 Å². The molecule has 0 radical (unpaired) electrons. The highest BCUT2D eigenvalue weighted by atomic mass is 19.4. The zero-order chi connectivity index (χ0) is 14.6. The second-order valence-electron chi connectivity index (χ2n) is 4.20. The van der Waals surface area contributed by atoms with Crippen molar-refractivity contribution < 1.29 is 23.1 Å². The average Bonchev–Trinajstić information content (AvgIpc) is 2.25. The van der Waals surface area contributed by atoms with Gasteiger partial charge in [0.1, 0.15) is 12.4 Å². The number of nitrogens with zero attached hydrogens (tertiary/aromatic N) is 2. The minimum atomic E-state index is -4.36. The van der Waals surface area contributed by atoms with Crippen molar-refractivity contribution in [1.29, 1.82) is 0 Å². The van der Waals surface area contributed by atoms with Gasteiger partial charge in [-0.1, -0.05) is 6.92 Å². The Kier molecular flexibility index (Phi) is 4.74. The quantitative estimate of drug-likeness (QED) is 0.898. The van der Waals surface area contributed by atoms with E-state index in [1.807, 2.05) is 0 Å². The van der Waals surface area contributed by atoms with Gasteiger partial charge in [0.05, 0.1) is 5.56 Å². The Morgan fingerprint density at radius 1 is 1.42 bits per heavy atom. The highest BCUT2D eigenvalue weighted by Crippen LogP contribution is 2.22. The van der Waals surface area contributed by atoms with Crippen molar-refractivity contribution in [2.24, 2.45) is 0 Å². The Bertz CT molecular complexity index is 461. The van der Waals surface area contributed by atoms with Crippen LogP contribution < -0.4 is 4.90 Å². The van der Waals surface area contributed by atoms with Crippen molar-refractivity contribution in [3.05, 3.63) is 23.4 Å². The third-order valence-corrected chi connectivity index (χ3v) is 2.37. The van der Waals surface area contributed by atoms with E-state index in [2.05, 4.69) is 4.98 Å². The molecule has 0 fully saturated rings. The summed E-state index contributed by atoms with van der Waals surface area (Å²) >= 11 is 0. The molecule has 106 valence electrons. The Hall–Kier alpha value is -1.79. The number of carboxylic acid groups (broad SMARTS) is 1. The highest BCUT2D eigenvalue weighted by Gasteiger charge is 2.31. The molecule has 1 aromatic rings. The highest BCUT2D eigenvalue weighted by molar-refractivity contribution is 5.88. The Labute approximate surface area is 108 Å². The molecule has 0 spiro atoms. The summed E-state index contributed by atoms with van der Waals surface area (Å²) < 4.78 is 37.5. The first-order valence-corrected chi connectivity index (χ1v) is 5.76. The number of aromatic nitrogens is 1. The van der Waals surface area contributed by atoms with Crippen LogP contribution in [0.25, 0.3) is 0 Å². The van der Waals surface area contributed by atoms with Crippen LogP contribution in [0.4, 0.5) is 19.0 Å². The van der Waals surface area contributed by atoms with Crippen LogP contribution in [0.2, 0.25) is 0 Å². The molecule has 7 heteroatoms. The lowest BCUT2D eigenvalue weighted by Gasteiger charge is -2.25. The summed E-state index contributed by atoms with van der Waals surface area (Å²) in [6.07, 6.45) is -3.85. The smallest absolute Gasteiger partial charge is 0.405 e. The minimum absolute atomic E-state index is 0.0385. The van der Waals surface area contributed by atoms with Crippen LogP contribution in [0.5, 0.6) is 0 Å². The predicted octanol–water partition coefficient (Wildman–Crippen LogP) is 2.87. The molecule has 1 heterocycles. The maximum Gasteiger partial charge on any atom is 0.405 e. The van der Waals surface area contributed by atoms with Crippen LogP contribution in [0.15, 0.2) is 12.1 Å². The van der Waals surface area contributed by atoms with E-state index in [0.717, 1.165) is 11.0 Å². The van der Waals surface area contributed by atoms with Crippen molar-refractivity contribution in [3.8, 4) is 0 Å². The Morgan fingerprint density at radius 2 is 2.05 bits per heavy atom. The van der Waals surface area contributed by atoms with E-state index in [1.165, 1.54) is 6.07 Å². The van der Waals surface area contributed by atoms with E-state index in [-0.39, 0.29) is 17.9 Å². The molecule has 0 unspecified atom stereocenters.